The highest BCUT2D eigenvalue weighted by molar-refractivity contribution is 9.11. The molecule has 29 heavy (non-hydrogen) atoms. The number of carbonyl (C=O) groups excluding carboxylic acids is 2. The van der Waals surface area contributed by atoms with Crippen molar-refractivity contribution in [1.82, 2.24) is 10.9 Å². The summed E-state index contributed by atoms with van der Waals surface area (Å²) in [5.74, 6) is -0.517. The summed E-state index contributed by atoms with van der Waals surface area (Å²) in [6, 6.07) is 11.3. The Hall–Kier alpha value is -1.36. The van der Waals surface area contributed by atoms with Crippen molar-refractivity contribution in [2.45, 2.75) is 19.3 Å². The second-order valence-electron chi connectivity index (χ2n) is 5.85. The van der Waals surface area contributed by atoms with E-state index in [0.29, 0.717) is 6.42 Å². The van der Waals surface area contributed by atoms with E-state index in [4.69, 9.17) is 0 Å². The molecule has 0 atom stereocenters. The van der Waals surface area contributed by atoms with Gasteiger partial charge >= 0.3 is 0 Å². The average molecular weight is 652 g/mol. The maximum absolute atomic E-state index is 11.8. The van der Waals surface area contributed by atoms with Gasteiger partial charge in [0, 0.05) is 30.7 Å². The molecule has 2 amide bonds. The SMILES string of the molecule is O=C(CCCC(=O)N/N=C/c1cc(Br)cc(Br)c1)N/N=C\c1cc(Br)cc(Br)c1. The summed E-state index contributed by atoms with van der Waals surface area (Å²) < 4.78 is 3.61. The zero-order chi connectivity index (χ0) is 21.2. The maximum atomic E-state index is 11.8. The van der Waals surface area contributed by atoms with Crippen LogP contribution < -0.4 is 10.9 Å². The molecule has 152 valence electrons. The van der Waals surface area contributed by atoms with Crippen LogP contribution in [0.2, 0.25) is 0 Å². The first-order valence-corrected chi connectivity index (χ1v) is 11.5. The van der Waals surface area contributed by atoms with Gasteiger partial charge in [0.1, 0.15) is 0 Å². The molecule has 2 aromatic carbocycles. The molecule has 2 aromatic rings. The molecule has 0 fully saturated rings. The van der Waals surface area contributed by atoms with Gasteiger partial charge in [-0.3, -0.25) is 9.59 Å². The summed E-state index contributed by atoms with van der Waals surface area (Å²) in [5, 5.41) is 7.84. The van der Waals surface area contributed by atoms with Crippen LogP contribution in [0.4, 0.5) is 0 Å². The van der Waals surface area contributed by atoms with E-state index in [1.165, 1.54) is 0 Å². The fourth-order valence-electron chi connectivity index (χ4n) is 2.18. The lowest BCUT2D eigenvalue weighted by molar-refractivity contribution is -0.122. The second-order valence-corrected chi connectivity index (χ2v) is 9.51. The van der Waals surface area contributed by atoms with Gasteiger partial charge in [-0.2, -0.15) is 10.2 Å². The molecule has 0 aliphatic rings. The van der Waals surface area contributed by atoms with Crippen molar-refractivity contribution < 1.29 is 9.59 Å². The molecular weight excluding hydrogens is 636 g/mol. The summed E-state index contributed by atoms with van der Waals surface area (Å²) in [4.78, 5) is 23.6. The molecule has 2 rings (SSSR count). The highest BCUT2D eigenvalue weighted by Gasteiger charge is 2.04. The van der Waals surface area contributed by atoms with Gasteiger partial charge in [-0.15, -0.1) is 0 Å². The summed E-state index contributed by atoms with van der Waals surface area (Å²) in [6.07, 6.45) is 3.88. The molecule has 0 saturated carbocycles. The molecule has 0 radical (unpaired) electrons. The van der Waals surface area contributed by atoms with Gasteiger partial charge in [-0.1, -0.05) is 63.7 Å². The van der Waals surface area contributed by atoms with Crippen LogP contribution in [0.1, 0.15) is 30.4 Å². The topological polar surface area (TPSA) is 82.9 Å². The van der Waals surface area contributed by atoms with Gasteiger partial charge in [0.15, 0.2) is 0 Å². The number of halogens is 4. The monoisotopic (exact) mass is 648 g/mol. The van der Waals surface area contributed by atoms with Gasteiger partial charge in [0.05, 0.1) is 12.4 Å². The molecule has 0 heterocycles. The van der Waals surface area contributed by atoms with Gasteiger partial charge in [0.2, 0.25) is 11.8 Å². The number of rotatable bonds is 8. The van der Waals surface area contributed by atoms with Crippen LogP contribution in [0.5, 0.6) is 0 Å². The average Bonchev–Trinajstić information content (AvgIpc) is 2.60. The van der Waals surface area contributed by atoms with Crippen LogP contribution in [0.25, 0.3) is 0 Å². The number of hydrazone groups is 2. The van der Waals surface area contributed by atoms with Crippen LogP contribution in [0.3, 0.4) is 0 Å². The van der Waals surface area contributed by atoms with Gasteiger partial charge < -0.3 is 0 Å². The van der Waals surface area contributed by atoms with E-state index in [1.54, 1.807) is 12.4 Å². The minimum absolute atomic E-state index is 0.190. The number of nitrogens with zero attached hydrogens (tertiary/aromatic N) is 2. The molecule has 0 aliphatic heterocycles. The number of carbonyl (C=O) groups is 2. The van der Waals surface area contributed by atoms with Crippen molar-refractivity contribution in [1.29, 1.82) is 0 Å². The molecule has 0 spiro atoms. The largest absolute Gasteiger partial charge is 0.273 e. The zero-order valence-electron chi connectivity index (χ0n) is 15.0. The molecule has 0 unspecified atom stereocenters. The second kappa shape index (κ2) is 12.4. The molecule has 0 aromatic heterocycles. The zero-order valence-corrected chi connectivity index (χ0v) is 21.3. The quantitative estimate of drug-likeness (QED) is 0.292. The minimum Gasteiger partial charge on any atom is -0.273 e. The Balaban J connectivity index is 1.68. The highest BCUT2D eigenvalue weighted by Crippen LogP contribution is 2.19. The molecule has 6 nitrogen and oxygen atoms in total. The van der Waals surface area contributed by atoms with Crippen molar-refractivity contribution in [2.24, 2.45) is 10.2 Å². The van der Waals surface area contributed by atoms with Gasteiger partial charge in [0.25, 0.3) is 0 Å². The Morgan fingerprint density at radius 1 is 0.690 bits per heavy atom. The Kier molecular flexibility index (Phi) is 10.2. The van der Waals surface area contributed by atoms with Crippen molar-refractivity contribution >= 4 is 88.0 Å². The lowest BCUT2D eigenvalue weighted by atomic mass is 10.2. The lowest BCUT2D eigenvalue weighted by Crippen LogP contribution is -2.20. The third-order valence-electron chi connectivity index (χ3n) is 3.38. The standard InChI is InChI=1S/C19H16Br4N4O2/c20-14-4-12(5-15(21)8-14)10-24-26-18(28)2-1-3-19(29)27-25-11-13-6-16(22)9-17(23)7-13/h4-11H,1-3H2,(H,26,28)(H,27,29)/b24-10-,25-11+. The fraction of sp³-hybridized carbons (Fsp3) is 0.158. The minimum atomic E-state index is -0.259. The number of hydrogen-bond acceptors (Lipinski definition) is 4. The first-order chi connectivity index (χ1) is 13.8. The Morgan fingerprint density at radius 3 is 1.38 bits per heavy atom. The number of amides is 2. The van der Waals surface area contributed by atoms with Crippen LogP contribution in [-0.4, -0.2) is 24.2 Å². The third kappa shape index (κ3) is 9.79. The number of hydrogen-bond donors (Lipinski definition) is 2. The molecule has 10 heteroatoms. The Morgan fingerprint density at radius 2 is 1.03 bits per heavy atom. The first kappa shape index (κ1) is 23.9. The normalized spacial score (nSPS) is 11.2. The smallest absolute Gasteiger partial charge is 0.240 e. The van der Waals surface area contributed by atoms with Crippen molar-refractivity contribution in [3.05, 3.63) is 65.4 Å². The van der Waals surface area contributed by atoms with Crippen molar-refractivity contribution in [3.8, 4) is 0 Å². The van der Waals surface area contributed by atoms with E-state index in [-0.39, 0.29) is 24.7 Å². The van der Waals surface area contributed by atoms with E-state index >= 15 is 0 Å². The van der Waals surface area contributed by atoms with Crippen molar-refractivity contribution in [2.75, 3.05) is 0 Å². The molecule has 2 N–H and O–H groups in total. The predicted molar refractivity (Wildman–Crippen MR) is 129 cm³/mol. The summed E-state index contributed by atoms with van der Waals surface area (Å²) >= 11 is 13.6. The number of nitrogens with one attached hydrogen (secondary N) is 2. The van der Waals surface area contributed by atoms with E-state index in [0.717, 1.165) is 29.0 Å². The summed E-state index contributed by atoms with van der Waals surface area (Å²) in [5.41, 5.74) is 6.57. The highest BCUT2D eigenvalue weighted by atomic mass is 79.9. The van der Waals surface area contributed by atoms with Crippen LogP contribution >= 0.6 is 63.7 Å². The van der Waals surface area contributed by atoms with E-state index in [2.05, 4.69) is 84.8 Å². The summed E-state index contributed by atoms with van der Waals surface area (Å²) in [6.45, 7) is 0. The van der Waals surface area contributed by atoms with Crippen LogP contribution in [0.15, 0.2) is 64.5 Å². The first-order valence-electron chi connectivity index (χ1n) is 8.38. The third-order valence-corrected chi connectivity index (χ3v) is 5.21. The number of benzene rings is 2. The molecule has 0 bridgehead atoms. The Labute approximate surface area is 202 Å². The molecular formula is C19H16Br4N4O2. The van der Waals surface area contributed by atoms with Gasteiger partial charge in [-0.25, -0.2) is 10.9 Å². The Bertz CT molecular complexity index is 832. The predicted octanol–water partition coefficient (Wildman–Crippen LogP) is 5.51. The van der Waals surface area contributed by atoms with E-state index in [9.17, 15) is 9.59 Å². The van der Waals surface area contributed by atoms with Gasteiger partial charge in [-0.05, 0) is 53.9 Å². The molecule has 0 saturated heterocycles. The van der Waals surface area contributed by atoms with E-state index < -0.39 is 0 Å². The lowest BCUT2D eigenvalue weighted by Gasteiger charge is -2.01. The van der Waals surface area contributed by atoms with Crippen molar-refractivity contribution in [3.63, 3.8) is 0 Å². The summed E-state index contributed by atoms with van der Waals surface area (Å²) in [7, 11) is 0. The van der Waals surface area contributed by atoms with Crippen LogP contribution in [-0.2, 0) is 9.59 Å². The fourth-order valence-corrected chi connectivity index (χ4v) is 4.84. The maximum Gasteiger partial charge on any atom is 0.240 e. The molecule has 0 aliphatic carbocycles. The van der Waals surface area contributed by atoms with E-state index in [1.807, 2.05) is 36.4 Å². The van der Waals surface area contributed by atoms with Crippen LogP contribution in [0, 0.1) is 0 Å².